The Balaban J connectivity index is 0.000000754. The van der Waals surface area contributed by atoms with Gasteiger partial charge in [0.15, 0.2) is 0 Å². The largest absolute Gasteiger partial charge is 0.491 e. The number of carboxylic acids is 2. The molecule has 0 amide bonds. The fourth-order valence-electron chi connectivity index (χ4n) is 1.51. The first-order chi connectivity index (χ1) is 11.5. The summed E-state index contributed by atoms with van der Waals surface area (Å²) in [6.07, 6.45) is 1.05. The molecule has 0 atom stereocenters. The first kappa shape index (κ1) is 21.8. The zero-order valence-electron chi connectivity index (χ0n) is 13.9. The van der Waals surface area contributed by atoms with E-state index in [1.54, 1.807) is 0 Å². The lowest BCUT2D eigenvalue weighted by Crippen LogP contribution is -2.26. The van der Waals surface area contributed by atoms with Crippen molar-refractivity contribution in [2.45, 2.75) is 13.3 Å². The number of ether oxygens (including phenoxy) is 2. The van der Waals surface area contributed by atoms with Gasteiger partial charge in [-0.1, -0.05) is 19.1 Å². The molecule has 5 N–H and O–H groups in total. The summed E-state index contributed by atoms with van der Waals surface area (Å²) in [6, 6.07) is 8.18. The number of nitrogens with two attached hydrogens (primary N) is 1. The van der Waals surface area contributed by atoms with Crippen molar-refractivity contribution in [3.63, 3.8) is 0 Å². The Morgan fingerprint density at radius 2 is 1.67 bits per heavy atom. The second-order valence-electron chi connectivity index (χ2n) is 4.61. The van der Waals surface area contributed by atoms with Crippen molar-refractivity contribution in [3.8, 4) is 5.75 Å². The molecule has 136 valence electrons. The standard InChI is InChI=1S/C14H24N2O2.C2H2O4/c1-2-13-3-5-14(6-4-13)18-12-11-17-10-9-16-8-7-15;3-1(4)2(5)6/h3-6,16H,2,7-12,15H2,1H3;(H,3,4)(H,5,6). The van der Waals surface area contributed by atoms with E-state index < -0.39 is 11.9 Å². The molecule has 0 heterocycles. The summed E-state index contributed by atoms with van der Waals surface area (Å²) in [4.78, 5) is 18.2. The zero-order chi connectivity index (χ0) is 18.2. The summed E-state index contributed by atoms with van der Waals surface area (Å²) in [5.74, 6) is -2.75. The van der Waals surface area contributed by atoms with Crippen LogP contribution in [0.25, 0.3) is 0 Å². The average molecular weight is 342 g/mol. The zero-order valence-corrected chi connectivity index (χ0v) is 13.9. The fourth-order valence-corrected chi connectivity index (χ4v) is 1.51. The molecule has 0 aromatic heterocycles. The minimum absolute atomic E-state index is 0.586. The van der Waals surface area contributed by atoms with Crippen LogP contribution in [0.3, 0.4) is 0 Å². The molecule has 8 heteroatoms. The highest BCUT2D eigenvalue weighted by atomic mass is 16.5. The van der Waals surface area contributed by atoms with Crippen LogP contribution in [0.15, 0.2) is 24.3 Å². The predicted molar refractivity (Wildman–Crippen MR) is 89.3 cm³/mol. The van der Waals surface area contributed by atoms with Crippen LogP contribution in [-0.4, -0.2) is 61.6 Å². The van der Waals surface area contributed by atoms with Crippen LogP contribution in [0, 0.1) is 0 Å². The van der Waals surface area contributed by atoms with Gasteiger partial charge in [-0.3, -0.25) is 0 Å². The van der Waals surface area contributed by atoms with Gasteiger partial charge in [0.2, 0.25) is 0 Å². The number of aryl methyl sites for hydroxylation is 1. The van der Waals surface area contributed by atoms with Gasteiger partial charge in [-0.25, -0.2) is 9.59 Å². The van der Waals surface area contributed by atoms with Crippen LogP contribution < -0.4 is 15.8 Å². The van der Waals surface area contributed by atoms with E-state index in [-0.39, 0.29) is 0 Å². The summed E-state index contributed by atoms with van der Waals surface area (Å²) in [6.45, 7) is 6.37. The highest BCUT2D eigenvalue weighted by Crippen LogP contribution is 2.12. The molecule has 0 aliphatic carbocycles. The van der Waals surface area contributed by atoms with E-state index in [4.69, 9.17) is 35.0 Å². The SMILES string of the molecule is CCc1ccc(OCCOCCNCCN)cc1.O=C(O)C(=O)O. The van der Waals surface area contributed by atoms with Crippen LogP contribution in [0.5, 0.6) is 5.75 Å². The summed E-state index contributed by atoms with van der Waals surface area (Å²) < 4.78 is 11.0. The fraction of sp³-hybridized carbons (Fsp3) is 0.500. The van der Waals surface area contributed by atoms with Crippen LogP contribution in [0.4, 0.5) is 0 Å². The predicted octanol–water partition coefficient (Wildman–Crippen LogP) is 0.348. The minimum Gasteiger partial charge on any atom is -0.491 e. The second-order valence-corrected chi connectivity index (χ2v) is 4.61. The summed E-state index contributed by atoms with van der Waals surface area (Å²) in [5.41, 5.74) is 6.68. The molecule has 0 bridgehead atoms. The minimum atomic E-state index is -1.82. The number of benzene rings is 1. The molecule has 0 saturated heterocycles. The van der Waals surface area contributed by atoms with Crippen LogP contribution >= 0.6 is 0 Å². The van der Waals surface area contributed by atoms with Crippen LogP contribution in [0.2, 0.25) is 0 Å². The highest BCUT2D eigenvalue weighted by Gasteiger charge is 2.04. The molecule has 0 aliphatic rings. The average Bonchev–Trinajstić information content (AvgIpc) is 2.58. The van der Waals surface area contributed by atoms with Gasteiger partial charge >= 0.3 is 11.9 Å². The third-order valence-electron chi connectivity index (χ3n) is 2.76. The van der Waals surface area contributed by atoms with Gasteiger partial charge in [-0.05, 0) is 24.1 Å². The summed E-state index contributed by atoms with van der Waals surface area (Å²) in [7, 11) is 0. The molecule has 0 fully saturated rings. The van der Waals surface area contributed by atoms with Crippen LogP contribution in [-0.2, 0) is 20.7 Å². The molecule has 24 heavy (non-hydrogen) atoms. The molecular formula is C16H26N2O6. The van der Waals surface area contributed by atoms with E-state index in [0.29, 0.717) is 26.4 Å². The summed E-state index contributed by atoms with van der Waals surface area (Å²) >= 11 is 0. The normalized spacial score (nSPS) is 9.75. The van der Waals surface area contributed by atoms with E-state index in [9.17, 15) is 0 Å². The highest BCUT2D eigenvalue weighted by molar-refractivity contribution is 6.27. The molecule has 1 aromatic rings. The van der Waals surface area contributed by atoms with Gasteiger partial charge < -0.3 is 30.7 Å². The van der Waals surface area contributed by atoms with Crippen molar-refractivity contribution in [2.75, 3.05) is 39.5 Å². The molecule has 0 radical (unpaired) electrons. The summed E-state index contributed by atoms with van der Waals surface area (Å²) in [5, 5.41) is 17.9. The number of rotatable bonds is 10. The Morgan fingerprint density at radius 3 is 2.17 bits per heavy atom. The van der Waals surface area contributed by atoms with Gasteiger partial charge in [0.1, 0.15) is 12.4 Å². The smallest absolute Gasteiger partial charge is 0.414 e. The van der Waals surface area contributed by atoms with Gasteiger partial charge in [0, 0.05) is 19.6 Å². The van der Waals surface area contributed by atoms with Crippen molar-refractivity contribution >= 4 is 11.9 Å². The molecular weight excluding hydrogens is 316 g/mol. The topological polar surface area (TPSA) is 131 Å². The van der Waals surface area contributed by atoms with E-state index in [2.05, 4.69) is 24.4 Å². The number of hydrogen-bond donors (Lipinski definition) is 4. The molecule has 0 unspecified atom stereocenters. The maximum atomic E-state index is 9.10. The quantitative estimate of drug-likeness (QED) is 0.354. The molecule has 1 aromatic carbocycles. The van der Waals surface area contributed by atoms with Gasteiger partial charge in [0.25, 0.3) is 0 Å². The lowest BCUT2D eigenvalue weighted by molar-refractivity contribution is -0.159. The molecule has 8 nitrogen and oxygen atoms in total. The third-order valence-corrected chi connectivity index (χ3v) is 2.76. The van der Waals surface area contributed by atoms with Crippen molar-refractivity contribution in [1.29, 1.82) is 0 Å². The Labute approximate surface area is 141 Å². The number of carboxylic acid groups (broad SMARTS) is 2. The van der Waals surface area contributed by atoms with E-state index in [1.165, 1.54) is 5.56 Å². The van der Waals surface area contributed by atoms with Crippen molar-refractivity contribution in [2.24, 2.45) is 5.73 Å². The Morgan fingerprint density at radius 1 is 1.04 bits per heavy atom. The number of carbonyl (C=O) groups is 2. The number of nitrogens with one attached hydrogen (secondary N) is 1. The molecule has 1 rings (SSSR count). The maximum Gasteiger partial charge on any atom is 0.414 e. The lowest BCUT2D eigenvalue weighted by Gasteiger charge is -2.08. The van der Waals surface area contributed by atoms with Crippen LogP contribution in [0.1, 0.15) is 12.5 Å². The van der Waals surface area contributed by atoms with E-state index >= 15 is 0 Å². The monoisotopic (exact) mass is 342 g/mol. The van der Waals surface area contributed by atoms with Crippen molar-refractivity contribution < 1.29 is 29.3 Å². The van der Waals surface area contributed by atoms with Gasteiger partial charge in [0.05, 0.1) is 13.2 Å². The van der Waals surface area contributed by atoms with E-state index in [1.807, 2.05) is 12.1 Å². The first-order valence-corrected chi connectivity index (χ1v) is 7.67. The maximum absolute atomic E-state index is 9.10. The van der Waals surface area contributed by atoms with E-state index in [0.717, 1.165) is 25.3 Å². The molecule has 0 saturated carbocycles. The third kappa shape index (κ3) is 12.4. The van der Waals surface area contributed by atoms with Gasteiger partial charge in [-0.15, -0.1) is 0 Å². The Bertz CT molecular complexity index is 452. The molecule has 0 aliphatic heterocycles. The second kappa shape index (κ2) is 14.4. The Kier molecular flexibility index (Phi) is 13.1. The number of aliphatic carboxylic acids is 2. The first-order valence-electron chi connectivity index (χ1n) is 7.67. The molecule has 0 spiro atoms. The lowest BCUT2D eigenvalue weighted by atomic mass is 10.2. The number of hydrogen-bond acceptors (Lipinski definition) is 6. The Hall–Kier alpha value is -2.16. The van der Waals surface area contributed by atoms with Gasteiger partial charge in [-0.2, -0.15) is 0 Å². The van der Waals surface area contributed by atoms with Crippen molar-refractivity contribution in [1.82, 2.24) is 5.32 Å². The van der Waals surface area contributed by atoms with Crippen molar-refractivity contribution in [3.05, 3.63) is 29.8 Å².